The maximum absolute atomic E-state index is 5.91. The molecule has 33 heavy (non-hydrogen) atoms. The number of halogens is 1. The fourth-order valence-electron chi connectivity index (χ4n) is 4.23. The second-order valence-corrected chi connectivity index (χ2v) is 9.52. The molecule has 2 aliphatic heterocycles. The molecule has 0 spiro atoms. The Balaban J connectivity index is 1.17. The van der Waals surface area contributed by atoms with Gasteiger partial charge in [-0.2, -0.15) is 9.97 Å². The van der Waals surface area contributed by atoms with Gasteiger partial charge in [0.1, 0.15) is 11.6 Å². The molecule has 0 radical (unpaired) electrons. The van der Waals surface area contributed by atoms with Gasteiger partial charge in [-0.1, -0.05) is 11.6 Å². The number of unbranched alkanes of at least 4 members (excludes halogenated alkanes) is 2. The monoisotopic (exact) mass is 487 g/mol. The summed E-state index contributed by atoms with van der Waals surface area (Å²) in [6.07, 6.45) is 8.22. The first kappa shape index (κ1) is 23.8. The summed E-state index contributed by atoms with van der Waals surface area (Å²) in [6, 6.07) is 9.64. The standard InChI is InChI=1S/C24H34ClN7S/c25-19-8-10-20(11-9-19)28-24(33)27-13-3-1-2-12-26-21-18-22(31-14-4-5-15-31)30-23(29-21)32-16-6-7-17-32/h8-11,18H,1-7,12-17H2,(H,26,29,30)(H2,27,28,33). The normalized spacial score (nSPS) is 15.7. The molecule has 4 rings (SSSR count). The molecule has 0 amide bonds. The highest BCUT2D eigenvalue weighted by Gasteiger charge is 2.20. The molecular formula is C24H34ClN7S. The van der Waals surface area contributed by atoms with Gasteiger partial charge in [0, 0.05) is 56.0 Å². The van der Waals surface area contributed by atoms with Gasteiger partial charge < -0.3 is 25.8 Å². The summed E-state index contributed by atoms with van der Waals surface area (Å²) < 4.78 is 0. The maximum Gasteiger partial charge on any atom is 0.229 e. The van der Waals surface area contributed by atoms with E-state index >= 15 is 0 Å². The van der Waals surface area contributed by atoms with Gasteiger partial charge >= 0.3 is 0 Å². The van der Waals surface area contributed by atoms with Crippen molar-refractivity contribution in [1.82, 2.24) is 15.3 Å². The van der Waals surface area contributed by atoms with E-state index in [1.165, 1.54) is 25.7 Å². The van der Waals surface area contributed by atoms with Crippen molar-refractivity contribution in [2.24, 2.45) is 0 Å². The molecule has 0 bridgehead atoms. The van der Waals surface area contributed by atoms with Gasteiger partial charge in [-0.15, -0.1) is 0 Å². The number of nitrogens with zero attached hydrogens (tertiary/aromatic N) is 4. The zero-order valence-corrected chi connectivity index (χ0v) is 20.7. The first-order valence-electron chi connectivity index (χ1n) is 12.1. The predicted octanol–water partition coefficient (Wildman–Crippen LogP) is 4.90. The minimum absolute atomic E-state index is 0.639. The quantitative estimate of drug-likeness (QED) is 0.323. The Bertz CT molecular complexity index is 862. The van der Waals surface area contributed by atoms with Crippen molar-refractivity contribution >= 4 is 52.2 Å². The number of thiocarbonyl (C=S) groups is 1. The first-order valence-corrected chi connectivity index (χ1v) is 12.9. The van der Waals surface area contributed by atoms with Crippen LogP contribution in [0.3, 0.4) is 0 Å². The van der Waals surface area contributed by atoms with E-state index in [0.717, 1.165) is 86.8 Å². The third-order valence-corrected chi connectivity index (χ3v) is 6.57. The van der Waals surface area contributed by atoms with Crippen molar-refractivity contribution in [2.75, 3.05) is 59.7 Å². The summed E-state index contributed by atoms with van der Waals surface area (Å²) in [4.78, 5) is 14.4. The number of nitrogens with one attached hydrogen (secondary N) is 3. The number of anilines is 4. The number of rotatable bonds is 10. The SMILES string of the molecule is S=C(NCCCCCNc1cc(N2CCCC2)nc(N2CCCC2)n1)Nc1ccc(Cl)cc1. The smallest absolute Gasteiger partial charge is 0.229 e. The second-order valence-electron chi connectivity index (χ2n) is 8.67. The molecule has 3 N–H and O–H groups in total. The topological polar surface area (TPSA) is 68.3 Å². The van der Waals surface area contributed by atoms with Crippen molar-refractivity contribution in [1.29, 1.82) is 0 Å². The van der Waals surface area contributed by atoms with Gasteiger partial charge in [0.05, 0.1) is 0 Å². The van der Waals surface area contributed by atoms with Crippen LogP contribution in [-0.2, 0) is 0 Å². The zero-order valence-electron chi connectivity index (χ0n) is 19.2. The van der Waals surface area contributed by atoms with E-state index in [1.807, 2.05) is 24.3 Å². The molecule has 2 saturated heterocycles. The number of hydrogen-bond donors (Lipinski definition) is 3. The highest BCUT2D eigenvalue weighted by Crippen LogP contribution is 2.25. The minimum Gasteiger partial charge on any atom is -0.370 e. The Morgan fingerprint density at radius 2 is 1.55 bits per heavy atom. The Morgan fingerprint density at radius 1 is 0.879 bits per heavy atom. The molecule has 2 aliphatic rings. The molecular weight excluding hydrogens is 454 g/mol. The lowest BCUT2D eigenvalue weighted by molar-refractivity contribution is 0.681. The number of benzene rings is 1. The lowest BCUT2D eigenvalue weighted by atomic mass is 10.2. The molecule has 7 nitrogen and oxygen atoms in total. The van der Waals surface area contributed by atoms with E-state index in [9.17, 15) is 0 Å². The molecule has 2 aromatic rings. The van der Waals surface area contributed by atoms with Crippen LogP contribution in [0, 0.1) is 0 Å². The van der Waals surface area contributed by atoms with Crippen molar-refractivity contribution in [2.45, 2.75) is 44.9 Å². The third-order valence-electron chi connectivity index (χ3n) is 6.07. The molecule has 0 atom stereocenters. The number of aromatic nitrogens is 2. The van der Waals surface area contributed by atoms with Crippen LogP contribution in [0.25, 0.3) is 0 Å². The van der Waals surface area contributed by atoms with E-state index in [1.54, 1.807) is 0 Å². The zero-order chi connectivity index (χ0) is 22.9. The van der Waals surface area contributed by atoms with Crippen LogP contribution in [0.5, 0.6) is 0 Å². The largest absolute Gasteiger partial charge is 0.370 e. The van der Waals surface area contributed by atoms with E-state index in [4.69, 9.17) is 33.8 Å². The fourth-order valence-corrected chi connectivity index (χ4v) is 4.58. The molecule has 1 aromatic carbocycles. The molecule has 2 fully saturated rings. The van der Waals surface area contributed by atoms with Gasteiger partial charge in [0.2, 0.25) is 5.95 Å². The average Bonchev–Trinajstić information content (AvgIpc) is 3.54. The summed E-state index contributed by atoms with van der Waals surface area (Å²) in [5.41, 5.74) is 0.938. The highest BCUT2D eigenvalue weighted by atomic mass is 35.5. The summed E-state index contributed by atoms with van der Waals surface area (Å²) in [7, 11) is 0. The lowest BCUT2D eigenvalue weighted by Gasteiger charge is -2.22. The van der Waals surface area contributed by atoms with Crippen LogP contribution < -0.4 is 25.8 Å². The molecule has 0 saturated carbocycles. The minimum atomic E-state index is 0.639. The molecule has 9 heteroatoms. The summed E-state index contributed by atoms with van der Waals surface area (Å²) in [6.45, 7) is 6.07. The Hall–Kier alpha value is -2.32. The fraction of sp³-hybridized carbons (Fsp3) is 0.542. The highest BCUT2D eigenvalue weighted by molar-refractivity contribution is 7.80. The second kappa shape index (κ2) is 12.2. The molecule has 178 valence electrons. The Kier molecular flexibility index (Phi) is 8.83. The van der Waals surface area contributed by atoms with Crippen LogP contribution >= 0.6 is 23.8 Å². The van der Waals surface area contributed by atoms with Gasteiger partial charge in [-0.3, -0.25) is 0 Å². The van der Waals surface area contributed by atoms with Crippen LogP contribution in [0.2, 0.25) is 5.02 Å². The van der Waals surface area contributed by atoms with Crippen molar-refractivity contribution < 1.29 is 0 Å². The van der Waals surface area contributed by atoms with E-state index in [-0.39, 0.29) is 0 Å². The van der Waals surface area contributed by atoms with Crippen LogP contribution in [-0.4, -0.2) is 54.3 Å². The van der Waals surface area contributed by atoms with Crippen molar-refractivity contribution in [3.63, 3.8) is 0 Å². The molecule has 0 aliphatic carbocycles. The number of hydrogen-bond acceptors (Lipinski definition) is 6. The van der Waals surface area contributed by atoms with Crippen LogP contribution in [0.4, 0.5) is 23.3 Å². The first-order chi connectivity index (χ1) is 16.2. The molecule has 0 unspecified atom stereocenters. The summed E-state index contributed by atoms with van der Waals surface area (Å²) in [5.74, 6) is 2.89. The summed E-state index contributed by atoms with van der Waals surface area (Å²) >= 11 is 11.3. The average molecular weight is 488 g/mol. The van der Waals surface area contributed by atoms with E-state index in [0.29, 0.717) is 5.11 Å². The van der Waals surface area contributed by atoms with Crippen molar-refractivity contribution in [3.8, 4) is 0 Å². The molecule has 3 heterocycles. The van der Waals surface area contributed by atoms with Crippen LogP contribution in [0.15, 0.2) is 30.3 Å². The maximum atomic E-state index is 5.91. The van der Waals surface area contributed by atoms with Crippen molar-refractivity contribution in [3.05, 3.63) is 35.4 Å². The Labute approximate surface area is 207 Å². The predicted molar refractivity (Wildman–Crippen MR) is 143 cm³/mol. The molecule has 1 aromatic heterocycles. The third kappa shape index (κ3) is 7.33. The van der Waals surface area contributed by atoms with Gasteiger partial charge in [-0.05, 0) is 81.4 Å². The van der Waals surface area contributed by atoms with Gasteiger partial charge in [0.25, 0.3) is 0 Å². The van der Waals surface area contributed by atoms with E-state index < -0.39 is 0 Å². The van der Waals surface area contributed by atoms with Gasteiger partial charge in [0.15, 0.2) is 5.11 Å². The lowest BCUT2D eigenvalue weighted by Crippen LogP contribution is -2.29. The Morgan fingerprint density at radius 3 is 2.27 bits per heavy atom. The van der Waals surface area contributed by atoms with Gasteiger partial charge in [-0.25, -0.2) is 0 Å². The summed E-state index contributed by atoms with van der Waals surface area (Å²) in [5, 5.41) is 11.3. The van der Waals surface area contributed by atoms with E-state index in [2.05, 4.69) is 31.8 Å². The van der Waals surface area contributed by atoms with Crippen LogP contribution in [0.1, 0.15) is 44.9 Å².